The second-order valence-corrected chi connectivity index (χ2v) is 6.74. The Bertz CT molecular complexity index is 513. The van der Waals surface area contributed by atoms with Crippen LogP contribution < -0.4 is 10.0 Å². The number of nitrogens with two attached hydrogens (primary N) is 1. The molecule has 2 rings (SSSR count). The summed E-state index contributed by atoms with van der Waals surface area (Å²) in [5.74, 6) is 0.127. The summed E-state index contributed by atoms with van der Waals surface area (Å²) in [5, 5.41) is 0. The molecule has 1 atom stereocenters. The van der Waals surface area contributed by atoms with E-state index in [0.717, 1.165) is 24.1 Å². The first kappa shape index (κ1) is 13.4. The van der Waals surface area contributed by atoms with Crippen molar-refractivity contribution in [2.24, 2.45) is 5.73 Å². The van der Waals surface area contributed by atoms with E-state index in [0.29, 0.717) is 13.0 Å². The molecule has 4 nitrogen and oxygen atoms in total. The van der Waals surface area contributed by atoms with Crippen LogP contribution in [-0.2, 0) is 16.4 Å². The largest absolute Gasteiger partial charge is 0.330 e. The monoisotopic (exact) mass is 268 g/mol. The number of anilines is 1. The predicted molar refractivity (Wildman–Crippen MR) is 74.2 cm³/mol. The second kappa shape index (κ2) is 5.28. The molecule has 1 unspecified atom stereocenters. The number of nitrogens with zero attached hydrogens (tertiary/aromatic N) is 1. The topological polar surface area (TPSA) is 63.4 Å². The van der Waals surface area contributed by atoms with Crippen molar-refractivity contribution in [3.8, 4) is 0 Å². The van der Waals surface area contributed by atoms with Gasteiger partial charge in [0.2, 0.25) is 10.0 Å². The molecule has 1 aromatic carbocycles. The molecule has 18 heavy (non-hydrogen) atoms. The highest BCUT2D eigenvalue weighted by atomic mass is 32.2. The normalized spacial score (nSPS) is 19.7. The Labute approximate surface area is 109 Å². The molecule has 0 aliphatic carbocycles. The molecule has 0 radical (unpaired) electrons. The van der Waals surface area contributed by atoms with Crippen LogP contribution in [0.25, 0.3) is 0 Å². The highest BCUT2D eigenvalue weighted by molar-refractivity contribution is 7.92. The number of sulfonamides is 1. The first-order valence-corrected chi connectivity index (χ1v) is 7.97. The van der Waals surface area contributed by atoms with Crippen LogP contribution in [-0.4, -0.2) is 26.8 Å². The smallest absolute Gasteiger partial charge is 0.235 e. The van der Waals surface area contributed by atoms with Crippen molar-refractivity contribution in [1.82, 2.24) is 0 Å². The van der Waals surface area contributed by atoms with E-state index < -0.39 is 10.0 Å². The molecule has 2 N–H and O–H groups in total. The Balaban J connectivity index is 2.37. The quantitative estimate of drug-likeness (QED) is 0.900. The zero-order valence-electron chi connectivity index (χ0n) is 10.7. The summed E-state index contributed by atoms with van der Waals surface area (Å²) >= 11 is 0. The first-order valence-electron chi connectivity index (χ1n) is 6.36. The van der Waals surface area contributed by atoms with Gasteiger partial charge in [-0.3, -0.25) is 4.31 Å². The van der Waals surface area contributed by atoms with Crippen molar-refractivity contribution < 1.29 is 8.42 Å². The van der Waals surface area contributed by atoms with Crippen molar-refractivity contribution in [3.63, 3.8) is 0 Å². The fourth-order valence-corrected chi connectivity index (χ4v) is 4.30. The lowest BCUT2D eigenvalue weighted by atomic mass is 9.99. The molecule has 0 bridgehead atoms. The molecule has 100 valence electrons. The summed E-state index contributed by atoms with van der Waals surface area (Å²) in [6, 6.07) is 7.78. The lowest BCUT2D eigenvalue weighted by Crippen LogP contribution is -2.43. The molecule has 0 aromatic heterocycles. The van der Waals surface area contributed by atoms with Crippen LogP contribution >= 0.6 is 0 Å². The van der Waals surface area contributed by atoms with Crippen LogP contribution in [0.3, 0.4) is 0 Å². The summed E-state index contributed by atoms with van der Waals surface area (Å²) in [4.78, 5) is 0. The lowest BCUT2D eigenvalue weighted by molar-refractivity contribution is 0.561. The van der Waals surface area contributed by atoms with Crippen LogP contribution in [0.1, 0.15) is 25.3 Å². The van der Waals surface area contributed by atoms with Gasteiger partial charge in [0.1, 0.15) is 0 Å². The molecule has 0 saturated carbocycles. The van der Waals surface area contributed by atoms with E-state index in [1.807, 2.05) is 31.2 Å². The number of hydrogen-bond acceptors (Lipinski definition) is 3. The fourth-order valence-electron chi connectivity index (χ4n) is 2.44. The van der Waals surface area contributed by atoms with Crippen molar-refractivity contribution in [2.45, 2.75) is 32.2 Å². The third-order valence-electron chi connectivity index (χ3n) is 3.37. The summed E-state index contributed by atoms with van der Waals surface area (Å²) in [6.07, 6.45) is 2.33. The Morgan fingerprint density at radius 2 is 2.11 bits per heavy atom. The second-order valence-electron chi connectivity index (χ2n) is 4.77. The third-order valence-corrected chi connectivity index (χ3v) is 5.33. The molecule has 1 aromatic rings. The van der Waals surface area contributed by atoms with Crippen LogP contribution in [0.15, 0.2) is 24.3 Å². The van der Waals surface area contributed by atoms with Crippen molar-refractivity contribution >= 4 is 15.7 Å². The van der Waals surface area contributed by atoms with Gasteiger partial charge in [0.05, 0.1) is 11.4 Å². The number of rotatable bonds is 4. The third kappa shape index (κ3) is 2.52. The van der Waals surface area contributed by atoms with Gasteiger partial charge < -0.3 is 5.73 Å². The molecule has 1 aliphatic heterocycles. The molecule has 0 amide bonds. The van der Waals surface area contributed by atoms with Crippen LogP contribution in [0, 0.1) is 0 Å². The maximum atomic E-state index is 12.4. The van der Waals surface area contributed by atoms with E-state index >= 15 is 0 Å². The number of para-hydroxylation sites is 1. The van der Waals surface area contributed by atoms with Gasteiger partial charge in [0.25, 0.3) is 0 Å². The highest BCUT2D eigenvalue weighted by Crippen LogP contribution is 2.32. The Morgan fingerprint density at radius 1 is 1.39 bits per heavy atom. The zero-order chi connectivity index (χ0) is 13.2. The fraction of sp³-hybridized carbons (Fsp3) is 0.538. The number of benzene rings is 1. The Kier molecular flexibility index (Phi) is 3.92. The SMILES string of the molecule is CC1CCc2ccccc2N1S(=O)(=O)CCCN. The lowest BCUT2D eigenvalue weighted by Gasteiger charge is -2.36. The van der Waals surface area contributed by atoms with Gasteiger partial charge in [-0.05, 0) is 44.4 Å². The van der Waals surface area contributed by atoms with Gasteiger partial charge in [-0.2, -0.15) is 0 Å². The van der Waals surface area contributed by atoms with Crippen LogP contribution in [0.2, 0.25) is 0 Å². The maximum Gasteiger partial charge on any atom is 0.235 e. The van der Waals surface area contributed by atoms with E-state index in [1.54, 1.807) is 4.31 Å². The minimum Gasteiger partial charge on any atom is -0.330 e. The number of fused-ring (bicyclic) bond motifs is 1. The van der Waals surface area contributed by atoms with Gasteiger partial charge in [-0.15, -0.1) is 0 Å². The average Bonchev–Trinajstić information content (AvgIpc) is 2.36. The Morgan fingerprint density at radius 3 is 2.83 bits per heavy atom. The van der Waals surface area contributed by atoms with E-state index in [1.165, 1.54) is 0 Å². The van der Waals surface area contributed by atoms with Gasteiger partial charge >= 0.3 is 0 Å². The molecular formula is C13H20N2O2S. The molecule has 0 spiro atoms. The van der Waals surface area contributed by atoms with Crippen molar-refractivity contribution in [2.75, 3.05) is 16.6 Å². The van der Waals surface area contributed by atoms with Gasteiger partial charge in [0.15, 0.2) is 0 Å². The summed E-state index contributed by atoms with van der Waals surface area (Å²) in [7, 11) is -3.25. The predicted octanol–water partition coefficient (Wildman–Crippen LogP) is 1.51. The molecule has 1 heterocycles. The highest BCUT2D eigenvalue weighted by Gasteiger charge is 2.31. The molecular weight excluding hydrogens is 248 g/mol. The van der Waals surface area contributed by atoms with E-state index in [9.17, 15) is 8.42 Å². The Hall–Kier alpha value is -1.07. The van der Waals surface area contributed by atoms with Crippen LogP contribution in [0.5, 0.6) is 0 Å². The minimum absolute atomic E-state index is 0.0303. The standard InChI is InChI=1S/C13H20N2O2S/c1-11-7-8-12-5-2-3-6-13(12)15(11)18(16,17)10-4-9-14/h2-3,5-6,11H,4,7-10,14H2,1H3. The number of aryl methyl sites for hydroxylation is 1. The zero-order valence-corrected chi connectivity index (χ0v) is 11.5. The maximum absolute atomic E-state index is 12.4. The average molecular weight is 268 g/mol. The van der Waals surface area contributed by atoms with E-state index in [-0.39, 0.29) is 11.8 Å². The molecule has 5 heteroatoms. The summed E-state index contributed by atoms with van der Waals surface area (Å²) in [5.41, 5.74) is 7.37. The van der Waals surface area contributed by atoms with Gasteiger partial charge in [0, 0.05) is 6.04 Å². The molecule has 0 saturated heterocycles. The summed E-state index contributed by atoms with van der Waals surface area (Å²) < 4.78 is 26.4. The van der Waals surface area contributed by atoms with Crippen LogP contribution in [0.4, 0.5) is 5.69 Å². The van der Waals surface area contributed by atoms with Crippen molar-refractivity contribution in [3.05, 3.63) is 29.8 Å². The van der Waals surface area contributed by atoms with Crippen molar-refractivity contribution in [1.29, 1.82) is 0 Å². The van der Waals surface area contributed by atoms with E-state index in [2.05, 4.69) is 0 Å². The summed E-state index contributed by atoms with van der Waals surface area (Å²) in [6.45, 7) is 2.37. The number of hydrogen-bond donors (Lipinski definition) is 1. The first-order chi connectivity index (χ1) is 8.56. The van der Waals surface area contributed by atoms with Gasteiger partial charge in [-0.25, -0.2) is 8.42 Å². The minimum atomic E-state index is -3.25. The van der Waals surface area contributed by atoms with E-state index in [4.69, 9.17) is 5.73 Å². The molecule has 1 aliphatic rings. The molecule has 0 fully saturated rings. The van der Waals surface area contributed by atoms with Gasteiger partial charge in [-0.1, -0.05) is 18.2 Å².